The number of amides is 1. The molecule has 1 amide bonds. The van der Waals surface area contributed by atoms with Crippen molar-refractivity contribution in [3.63, 3.8) is 0 Å². The Morgan fingerprint density at radius 1 is 1.40 bits per heavy atom. The second kappa shape index (κ2) is 5.44. The van der Waals surface area contributed by atoms with Crippen molar-refractivity contribution >= 4 is 5.91 Å². The van der Waals surface area contributed by atoms with E-state index in [9.17, 15) is 4.79 Å². The lowest BCUT2D eigenvalue weighted by atomic mass is 10.1. The molecule has 15 heavy (non-hydrogen) atoms. The normalized spacial score (nSPS) is 10.4. The van der Waals surface area contributed by atoms with Crippen molar-refractivity contribution in [2.24, 2.45) is 5.92 Å². The first-order chi connectivity index (χ1) is 7.09. The molecule has 0 aromatic carbocycles. The van der Waals surface area contributed by atoms with E-state index in [1.54, 1.807) is 6.20 Å². The molecule has 1 rings (SSSR count). The first kappa shape index (κ1) is 11.6. The van der Waals surface area contributed by atoms with E-state index in [4.69, 9.17) is 0 Å². The fourth-order valence-corrected chi connectivity index (χ4v) is 1.07. The summed E-state index contributed by atoms with van der Waals surface area (Å²) >= 11 is 0. The van der Waals surface area contributed by atoms with E-state index >= 15 is 0 Å². The maximum atomic E-state index is 11.5. The summed E-state index contributed by atoms with van der Waals surface area (Å²) in [4.78, 5) is 19.5. The lowest BCUT2D eigenvalue weighted by Crippen LogP contribution is -2.26. The molecule has 0 saturated carbocycles. The molecule has 0 fully saturated rings. The van der Waals surface area contributed by atoms with Gasteiger partial charge in [-0.05, 0) is 19.3 Å². The lowest BCUT2D eigenvalue weighted by Gasteiger charge is -2.06. The topological polar surface area (TPSA) is 54.9 Å². The van der Waals surface area contributed by atoms with Crippen LogP contribution in [0.3, 0.4) is 0 Å². The molecule has 0 aliphatic rings. The summed E-state index contributed by atoms with van der Waals surface area (Å²) in [6.07, 6.45) is 4.07. The summed E-state index contributed by atoms with van der Waals surface area (Å²) < 4.78 is 0. The van der Waals surface area contributed by atoms with Crippen LogP contribution in [0.2, 0.25) is 0 Å². The SMILES string of the molecule is Cc1cnc(C(=O)NCCC(C)C)cn1. The predicted octanol–water partition coefficient (Wildman–Crippen LogP) is 1.56. The first-order valence-electron chi connectivity index (χ1n) is 5.16. The number of hydrogen-bond acceptors (Lipinski definition) is 3. The highest BCUT2D eigenvalue weighted by atomic mass is 16.1. The zero-order valence-corrected chi connectivity index (χ0v) is 9.45. The smallest absolute Gasteiger partial charge is 0.271 e. The van der Waals surface area contributed by atoms with Gasteiger partial charge in [0.05, 0.1) is 11.9 Å². The Bertz CT molecular complexity index is 319. The molecule has 4 nitrogen and oxygen atoms in total. The predicted molar refractivity (Wildman–Crippen MR) is 58.6 cm³/mol. The van der Waals surface area contributed by atoms with Crippen LogP contribution < -0.4 is 5.32 Å². The van der Waals surface area contributed by atoms with E-state index in [2.05, 4.69) is 29.1 Å². The molecule has 4 heteroatoms. The number of nitrogens with zero attached hydrogens (tertiary/aromatic N) is 2. The maximum absolute atomic E-state index is 11.5. The third-order valence-electron chi connectivity index (χ3n) is 2.02. The van der Waals surface area contributed by atoms with Crippen LogP contribution in [-0.4, -0.2) is 22.4 Å². The molecule has 0 aliphatic heterocycles. The van der Waals surface area contributed by atoms with Gasteiger partial charge in [-0.3, -0.25) is 9.78 Å². The van der Waals surface area contributed by atoms with Gasteiger partial charge in [-0.25, -0.2) is 4.98 Å². The maximum Gasteiger partial charge on any atom is 0.271 e. The van der Waals surface area contributed by atoms with Crippen LogP contribution in [0.1, 0.15) is 36.5 Å². The fourth-order valence-electron chi connectivity index (χ4n) is 1.07. The number of aromatic nitrogens is 2. The van der Waals surface area contributed by atoms with Gasteiger partial charge in [0.15, 0.2) is 0 Å². The summed E-state index contributed by atoms with van der Waals surface area (Å²) in [6, 6.07) is 0. The van der Waals surface area contributed by atoms with Gasteiger partial charge in [0.1, 0.15) is 5.69 Å². The molecule has 0 spiro atoms. The molecule has 0 bridgehead atoms. The molecule has 0 atom stereocenters. The van der Waals surface area contributed by atoms with E-state index in [1.165, 1.54) is 6.20 Å². The van der Waals surface area contributed by atoms with Crippen molar-refractivity contribution < 1.29 is 4.79 Å². The number of aryl methyl sites for hydroxylation is 1. The van der Waals surface area contributed by atoms with Gasteiger partial charge in [-0.15, -0.1) is 0 Å². The van der Waals surface area contributed by atoms with Crippen LogP contribution in [0.4, 0.5) is 0 Å². The minimum Gasteiger partial charge on any atom is -0.351 e. The van der Waals surface area contributed by atoms with E-state index in [-0.39, 0.29) is 5.91 Å². The second-order valence-electron chi connectivity index (χ2n) is 3.98. The van der Waals surface area contributed by atoms with Crippen molar-refractivity contribution in [1.29, 1.82) is 0 Å². The molecule has 0 radical (unpaired) electrons. The van der Waals surface area contributed by atoms with E-state index in [0.717, 1.165) is 12.1 Å². The van der Waals surface area contributed by atoms with Crippen LogP contribution in [0.5, 0.6) is 0 Å². The number of nitrogens with one attached hydrogen (secondary N) is 1. The number of carbonyl (C=O) groups is 1. The van der Waals surface area contributed by atoms with Crippen LogP contribution in [0.15, 0.2) is 12.4 Å². The summed E-state index contributed by atoms with van der Waals surface area (Å²) in [5.74, 6) is 0.442. The molecule has 0 unspecified atom stereocenters. The van der Waals surface area contributed by atoms with Crippen molar-refractivity contribution in [3.8, 4) is 0 Å². The average molecular weight is 207 g/mol. The van der Waals surface area contributed by atoms with Crippen molar-refractivity contribution in [3.05, 3.63) is 23.8 Å². The number of carbonyl (C=O) groups excluding carboxylic acids is 1. The van der Waals surface area contributed by atoms with E-state index in [0.29, 0.717) is 18.2 Å². The van der Waals surface area contributed by atoms with Gasteiger partial charge in [-0.2, -0.15) is 0 Å². The minimum atomic E-state index is -0.150. The average Bonchev–Trinajstić information content (AvgIpc) is 2.18. The Morgan fingerprint density at radius 2 is 2.13 bits per heavy atom. The highest BCUT2D eigenvalue weighted by Crippen LogP contribution is 1.98. The standard InChI is InChI=1S/C11H17N3O/c1-8(2)4-5-12-11(15)10-7-13-9(3)6-14-10/h6-8H,4-5H2,1-3H3,(H,12,15). The van der Waals surface area contributed by atoms with Gasteiger partial charge in [-0.1, -0.05) is 13.8 Å². The molecular weight excluding hydrogens is 190 g/mol. The molecule has 0 saturated heterocycles. The van der Waals surface area contributed by atoms with Crippen molar-refractivity contribution in [2.45, 2.75) is 27.2 Å². The van der Waals surface area contributed by atoms with Gasteiger partial charge in [0, 0.05) is 12.7 Å². The van der Waals surface area contributed by atoms with Gasteiger partial charge >= 0.3 is 0 Å². The first-order valence-corrected chi connectivity index (χ1v) is 5.16. The number of rotatable bonds is 4. The monoisotopic (exact) mass is 207 g/mol. The molecular formula is C11H17N3O. The van der Waals surface area contributed by atoms with Crippen LogP contribution >= 0.6 is 0 Å². The quantitative estimate of drug-likeness (QED) is 0.815. The fraction of sp³-hybridized carbons (Fsp3) is 0.545. The Hall–Kier alpha value is -1.45. The van der Waals surface area contributed by atoms with Crippen LogP contribution in [-0.2, 0) is 0 Å². The molecule has 1 aromatic rings. The Balaban J connectivity index is 2.43. The van der Waals surface area contributed by atoms with Crippen molar-refractivity contribution in [1.82, 2.24) is 15.3 Å². The van der Waals surface area contributed by atoms with Crippen LogP contribution in [0, 0.1) is 12.8 Å². The summed E-state index contributed by atoms with van der Waals surface area (Å²) in [6.45, 7) is 6.77. The highest BCUT2D eigenvalue weighted by molar-refractivity contribution is 5.91. The lowest BCUT2D eigenvalue weighted by molar-refractivity contribution is 0.0946. The molecule has 0 aliphatic carbocycles. The largest absolute Gasteiger partial charge is 0.351 e. The third-order valence-corrected chi connectivity index (χ3v) is 2.02. The van der Waals surface area contributed by atoms with E-state index in [1.807, 2.05) is 6.92 Å². The van der Waals surface area contributed by atoms with Gasteiger partial charge in [0.2, 0.25) is 0 Å². The number of hydrogen-bond donors (Lipinski definition) is 1. The van der Waals surface area contributed by atoms with Gasteiger partial charge < -0.3 is 5.32 Å². The summed E-state index contributed by atoms with van der Waals surface area (Å²) in [5.41, 5.74) is 1.19. The van der Waals surface area contributed by atoms with Gasteiger partial charge in [0.25, 0.3) is 5.91 Å². The zero-order chi connectivity index (χ0) is 11.3. The molecule has 1 heterocycles. The summed E-state index contributed by atoms with van der Waals surface area (Å²) in [5, 5.41) is 2.81. The van der Waals surface area contributed by atoms with E-state index < -0.39 is 0 Å². The molecule has 1 aromatic heterocycles. The van der Waals surface area contributed by atoms with Crippen molar-refractivity contribution in [2.75, 3.05) is 6.54 Å². The highest BCUT2D eigenvalue weighted by Gasteiger charge is 2.06. The molecule has 82 valence electrons. The zero-order valence-electron chi connectivity index (χ0n) is 9.45. The Kier molecular flexibility index (Phi) is 4.21. The Morgan fingerprint density at radius 3 is 2.67 bits per heavy atom. The molecule has 1 N–H and O–H groups in total. The third kappa shape index (κ3) is 4.06. The second-order valence-corrected chi connectivity index (χ2v) is 3.98. The Labute approximate surface area is 90.1 Å². The van der Waals surface area contributed by atoms with Crippen LogP contribution in [0.25, 0.3) is 0 Å². The summed E-state index contributed by atoms with van der Waals surface area (Å²) in [7, 11) is 0. The minimum absolute atomic E-state index is 0.150.